The summed E-state index contributed by atoms with van der Waals surface area (Å²) in [6.45, 7) is 0. The normalized spacial score (nSPS) is 12.2. The Hall–Kier alpha value is -15.0. The molecule has 30 aromatic rings. The van der Waals surface area contributed by atoms with Crippen LogP contribution >= 0.6 is 34.0 Å². The Kier molecular flexibility index (Phi) is 15.8. The largest absolute Gasteiger partial charge is 0.455 e. The lowest BCUT2D eigenvalue weighted by atomic mass is 10.0. The van der Waals surface area contributed by atoms with Gasteiger partial charge in [0.1, 0.15) is 22.3 Å². The summed E-state index contributed by atoms with van der Waals surface area (Å²) in [6.07, 6.45) is 0. The third-order valence-corrected chi connectivity index (χ3v) is 30.6. The number of thiophene rings is 3. The third-order valence-electron chi connectivity index (χ3n) is 27.0. The van der Waals surface area contributed by atoms with Crippen LogP contribution in [0.1, 0.15) is 0 Å². The van der Waals surface area contributed by atoms with Gasteiger partial charge in [-0.15, -0.1) is 34.0 Å². The molecule has 0 aliphatic rings. The second-order valence-corrected chi connectivity index (χ2v) is 36.7. The quantitative estimate of drug-likeness (QED) is 0.152. The van der Waals surface area contributed by atoms with Gasteiger partial charge in [0, 0.05) is 232 Å². The highest BCUT2D eigenvalue weighted by Crippen LogP contribution is 2.49. The first-order chi connectivity index (χ1) is 61.6. The Morgan fingerprint density at radius 3 is 0.952 bits per heavy atom. The standard InChI is InChI=1S/2C23H15NO.3C23H15NS/c1-24-20-9-5-4-8-16(20)18-13-22-19(12-21(18)24)17-11-10-14-6-2-3-7-15(14)23(17)25-22;1-24-20-9-5-4-8-16(20)18-12-19-17-11-10-14-6-2-3-7-15(14)23(17)25-22(19)13-21(18)24;1-24-20-9-5-4-8-16(20)18-13-22-19(12-21(18)24)17-11-10-14-6-2-3-7-15(14)23(17)25-22;1-24-20-9-5-4-8-16(20)18-12-19-17-11-10-14-6-2-3-7-15(14)23(17)25-22(19)13-21(18)24;1-24-18-9-5-4-8-16(18)21-19(24)12-13-20-22(21)17-11-10-14-6-2-3-7-15(14)23(17)25-20/h5*2-13H,1H3. The Bertz CT molecular complexity index is 9320. The van der Waals surface area contributed by atoms with Gasteiger partial charge >= 0.3 is 0 Å². The first kappa shape index (κ1) is 71.7. The highest BCUT2D eigenvalue weighted by Gasteiger charge is 2.22. The molecule has 0 radical (unpaired) electrons. The van der Waals surface area contributed by atoms with Crippen LogP contribution in [0.25, 0.3) is 267 Å². The van der Waals surface area contributed by atoms with Crippen molar-refractivity contribution >= 4 is 301 Å². The summed E-state index contributed by atoms with van der Waals surface area (Å²) in [5.74, 6) is 0. The number of fused-ring (bicyclic) bond motifs is 41. The zero-order valence-electron chi connectivity index (χ0n) is 68.9. The Labute approximate surface area is 726 Å². The summed E-state index contributed by atoms with van der Waals surface area (Å²) in [5.41, 5.74) is 16.6. The van der Waals surface area contributed by atoms with Crippen molar-refractivity contribution in [3.05, 3.63) is 364 Å². The molecule has 20 aromatic carbocycles. The SMILES string of the molecule is Cn1c2ccccc2c2c3c(ccc21)sc1c2ccccc2ccc13.Cn1c2ccccc2c2cc3c(cc21)oc1c2ccccc2ccc31.Cn1c2ccccc2c2cc3c(cc21)sc1c2ccccc2ccc31.Cn1c2ccccc2c2cc3oc4c5ccccc5ccc4c3cc21.Cn1c2ccccc2c2cc3sc4c5ccccc5ccc4c3cc21. The molecule has 590 valence electrons. The van der Waals surface area contributed by atoms with Crippen molar-refractivity contribution < 1.29 is 8.83 Å². The number of hydrogen-bond donors (Lipinski definition) is 0. The zero-order chi connectivity index (χ0) is 82.7. The second-order valence-electron chi connectivity index (χ2n) is 33.5. The van der Waals surface area contributed by atoms with Gasteiger partial charge in [0.25, 0.3) is 0 Å². The predicted octanol–water partition coefficient (Wildman–Crippen LogP) is 33.3. The molecule has 0 aliphatic carbocycles. The maximum atomic E-state index is 6.32. The van der Waals surface area contributed by atoms with Crippen LogP contribution in [-0.2, 0) is 35.2 Å². The third kappa shape index (κ3) is 10.7. The topological polar surface area (TPSA) is 50.9 Å². The average Bonchev–Trinajstić information content (AvgIpc) is 1.60. The average molecular weight is 1660 g/mol. The van der Waals surface area contributed by atoms with Gasteiger partial charge < -0.3 is 31.7 Å². The van der Waals surface area contributed by atoms with Gasteiger partial charge in [-0.3, -0.25) is 0 Å². The molecule has 125 heavy (non-hydrogen) atoms. The van der Waals surface area contributed by atoms with E-state index >= 15 is 0 Å². The van der Waals surface area contributed by atoms with E-state index in [1.807, 2.05) is 34.0 Å². The summed E-state index contributed by atoms with van der Waals surface area (Å²) >= 11 is 5.74. The first-order valence-electron chi connectivity index (χ1n) is 42.6. The van der Waals surface area contributed by atoms with E-state index in [9.17, 15) is 0 Å². The number of hydrogen-bond acceptors (Lipinski definition) is 5. The zero-order valence-corrected chi connectivity index (χ0v) is 71.4. The minimum Gasteiger partial charge on any atom is -0.455 e. The van der Waals surface area contributed by atoms with Gasteiger partial charge in [-0.1, -0.05) is 261 Å². The monoisotopic (exact) mass is 1650 g/mol. The van der Waals surface area contributed by atoms with Crippen LogP contribution in [0.3, 0.4) is 0 Å². The van der Waals surface area contributed by atoms with Gasteiger partial charge in [0.15, 0.2) is 0 Å². The van der Waals surface area contributed by atoms with Crippen LogP contribution in [0.4, 0.5) is 0 Å². The van der Waals surface area contributed by atoms with Crippen LogP contribution in [0.5, 0.6) is 0 Å². The molecule has 7 nitrogen and oxygen atoms in total. The lowest BCUT2D eigenvalue weighted by Gasteiger charge is -2.00. The smallest absolute Gasteiger partial charge is 0.143 e. The highest BCUT2D eigenvalue weighted by molar-refractivity contribution is 7.27. The van der Waals surface area contributed by atoms with Gasteiger partial charge in [-0.2, -0.15) is 0 Å². The van der Waals surface area contributed by atoms with Crippen LogP contribution in [-0.4, -0.2) is 22.8 Å². The fourth-order valence-electron chi connectivity index (χ4n) is 20.9. The number of nitrogens with zero attached hydrogens (tertiary/aromatic N) is 5. The number of furan rings is 2. The van der Waals surface area contributed by atoms with Crippen molar-refractivity contribution in [2.75, 3.05) is 0 Å². The molecule has 0 amide bonds. The molecule has 10 heteroatoms. The molecule has 0 saturated heterocycles. The molecule has 30 rings (SSSR count). The van der Waals surface area contributed by atoms with Gasteiger partial charge in [0.05, 0.1) is 11.0 Å². The van der Waals surface area contributed by atoms with Crippen molar-refractivity contribution in [3.8, 4) is 0 Å². The van der Waals surface area contributed by atoms with Gasteiger partial charge in [-0.05, 0) is 140 Å². The fraction of sp³-hybridized carbons (Fsp3) is 0.0435. The minimum absolute atomic E-state index is 0.949. The maximum Gasteiger partial charge on any atom is 0.143 e. The first-order valence-corrected chi connectivity index (χ1v) is 45.1. The van der Waals surface area contributed by atoms with Crippen LogP contribution < -0.4 is 0 Å². The van der Waals surface area contributed by atoms with Crippen LogP contribution in [0.2, 0.25) is 0 Å². The summed E-state index contributed by atoms with van der Waals surface area (Å²) in [7, 11) is 10.8. The van der Waals surface area contributed by atoms with E-state index in [1.54, 1.807) is 0 Å². The van der Waals surface area contributed by atoms with Crippen molar-refractivity contribution in [3.63, 3.8) is 0 Å². The van der Waals surface area contributed by atoms with E-state index in [0.29, 0.717) is 0 Å². The lowest BCUT2D eigenvalue weighted by molar-refractivity contribution is 0.672. The van der Waals surface area contributed by atoms with Crippen molar-refractivity contribution in [1.29, 1.82) is 0 Å². The summed E-state index contributed by atoms with van der Waals surface area (Å²) in [6, 6.07) is 131. The molecule has 0 aliphatic heterocycles. The molecule has 0 unspecified atom stereocenters. The number of rotatable bonds is 0. The Morgan fingerprint density at radius 2 is 0.472 bits per heavy atom. The molecule has 0 bridgehead atoms. The molecule has 0 saturated carbocycles. The number of aromatic nitrogens is 5. The number of aryl methyl sites for hydroxylation is 5. The van der Waals surface area contributed by atoms with E-state index in [4.69, 9.17) is 8.83 Å². The predicted molar refractivity (Wildman–Crippen MR) is 543 cm³/mol. The molecule has 0 atom stereocenters. The summed E-state index contributed by atoms with van der Waals surface area (Å²) in [5, 5.41) is 38.9. The van der Waals surface area contributed by atoms with Crippen molar-refractivity contribution in [1.82, 2.24) is 22.8 Å². The Balaban J connectivity index is 0.0000000833. The van der Waals surface area contributed by atoms with Crippen molar-refractivity contribution in [2.24, 2.45) is 35.2 Å². The molecular weight excluding hydrogens is 1580 g/mol. The van der Waals surface area contributed by atoms with Crippen LogP contribution in [0, 0.1) is 0 Å². The minimum atomic E-state index is 0.949. The summed E-state index contributed by atoms with van der Waals surface area (Å²) in [4.78, 5) is 0. The van der Waals surface area contributed by atoms with Crippen molar-refractivity contribution in [2.45, 2.75) is 0 Å². The molecule has 10 aromatic heterocycles. The van der Waals surface area contributed by atoms with E-state index in [0.717, 1.165) is 22.3 Å². The second kappa shape index (κ2) is 27.5. The van der Waals surface area contributed by atoms with E-state index < -0.39 is 0 Å². The van der Waals surface area contributed by atoms with Gasteiger partial charge in [-0.25, -0.2) is 0 Å². The Morgan fingerprint density at radius 1 is 0.168 bits per heavy atom. The maximum absolute atomic E-state index is 6.32. The molecule has 0 spiro atoms. The van der Waals surface area contributed by atoms with Gasteiger partial charge in [0.2, 0.25) is 0 Å². The lowest BCUT2D eigenvalue weighted by Crippen LogP contribution is -1.85. The number of para-hydroxylation sites is 5. The number of benzene rings is 20. The van der Waals surface area contributed by atoms with Crippen LogP contribution in [0.15, 0.2) is 373 Å². The van der Waals surface area contributed by atoms with E-state index in [1.165, 1.54) is 245 Å². The highest BCUT2D eigenvalue weighted by atomic mass is 32.1. The molecule has 0 N–H and O–H groups in total. The molecule has 10 heterocycles. The molecule has 0 fully saturated rings. The fourth-order valence-corrected chi connectivity index (χ4v) is 24.6. The summed E-state index contributed by atoms with van der Waals surface area (Å²) < 4.78 is 32.4. The van der Waals surface area contributed by atoms with E-state index in [-0.39, 0.29) is 0 Å². The van der Waals surface area contributed by atoms with E-state index in [2.05, 4.69) is 422 Å². The molecular formula is C115H75N5O2S3.